The quantitative estimate of drug-likeness (QED) is 0.645. The second-order valence-corrected chi connectivity index (χ2v) is 5.23. The Morgan fingerprint density at radius 3 is 2.85 bits per heavy atom. The van der Waals surface area contributed by atoms with E-state index in [0.717, 1.165) is 16.3 Å². The van der Waals surface area contributed by atoms with Crippen molar-refractivity contribution in [3.05, 3.63) is 39.0 Å². The second-order valence-electron chi connectivity index (χ2n) is 4.37. The summed E-state index contributed by atoms with van der Waals surface area (Å²) in [7, 11) is 0. The summed E-state index contributed by atoms with van der Waals surface area (Å²) < 4.78 is 0.769. The van der Waals surface area contributed by atoms with Gasteiger partial charge in [0.05, 0.1) is 17.6 Å². The Hall–Kier alpha value is -1.73. The zero-order valence-electron chi connectivity index (χ0n) is 10.8. The van der Waals surface area contributed by atoms with Gasteiger partial charge in [-0.25, -0.2) is 4.98 Å². The highest BCUT2D eigenvalue weighted by Gasteiger charge is 2.14. The minimum absolute atomic E-state index is 0.0116. The van der Waals surface area contributed by atoms with Gasteiger partial charge < -0.3 is 10.4 Å². The van der Waals surface area contributed by atoms with E-state index in [9.17, 15) is 15.2 Å². The molecule has 6 nitrogen and oxygen atoms in total. The predicted molar refractivity (Wildman–Crippen MR) is 80.9 cm³/mol. The highest BCUT2D eigenvalue weighted by Crippen LogP contribution is 2.31. The lowest BCUT2D eigenvalue weighted by Crippen LogP contribution is -2.23. The molecule has 1 aromatic heterocycles. The normalized spacial score (nSPS) is 12.3. The fourth-order valence-corrected chi connectivity index (χ4v) is 2.34. The van der Waals surface area contributed by atoms with Gasteiger partial charge in [0.15, 0.2) is 0 Å². The summed E-state index contributed by atoms with van der Waals surface area (Å²) in [5, 5.41) is 24.7. The average Bonchev–Trinajstić information content (AvgIpc) is 2.46. The van der Waals surface area contributed by atoms with Crippen LogP contribution in [0.2, 0.25) is 0 Å². The molecular formula is C13H14BrN3O3. The molecule has 0 aliphatic carbocycles. The van der Waals surface area contributed by atoms with Crippen LogP contribution in [0.5, 0.6) is 0 Å². The Balaban J connectivity index is 2.56. The molecule has 1 atom stereocenters. The molecule has 1 aromatic carbocycles. The van der Waals surface area contributed by atoms with Gasteiger partial charge in [0, 0.05) is 33.6 Å². The molecule has 7 heteroatoms. The number of pyridine rings is 1. The lowest BCUT2D eigenvalue weighted by molar-refractivity contribution is -0.384. The van der Waals surface area contributed by atoms with Crippen LogP contribution in [0.1, 0.15) is 13.3 Å². The van der Waals surface area contributed by atoms with E-state index in [0.29, 0.717) is 11.2 Å². The number of anilines is 1. The van der Waals surface area contributed by atoms with Crippen molar-refractivity contribution in [2.45, 2.75) is 19.4 Å². The van der Waals surface area contributed by atoms with Gasteiger partial charge in [0.2, 0.25) is 0 Å². The lowest BCUT2D eigenvalue weighted by atomic mass is 10.1. The number of nitro groups is 1. The first-order chi connectivity index (χ1) is 9.56. The molecular weight excluding hydrogens is 326 g/mol. The minimum Gasteiger partial charge on any atom is -0.394 e. The predicted octanol–water partition coefficient (Wildman–Crippen LogP) is 3.09. The third-order valence-corrected chi connectivity index (χ3v) is 3.72. The van der Waals surface area contributed by atoms with Crippen LogP contribution in [0.25, 0.3) is 10.8 Å². The van der Waals surface area contributed by atoms with Crippen molar-refractivity contribution in [3.8, 4) is 0 Å². The highest BCUT2D eigenvalue weighted by molar-refractivity contribution is 9.10. The first kappa shape index (κ1) is 14.7. The number of nitrogens with one attached hydrogen (secondary N) is 1. The maximum absolute atomic E-state index is 10.9. The van der Waals surface area contributed by atoms with Gasteiger partial charge in [-0.15, -0.1) is 0 Å². The van der Waals surface area contributed by atoms with Gasteiger partial charge in [-0.3, -0.25) is 10.1 Å². The molecule has 0 spiro atoms. The Kier molecular flexibility index (Phi) is 4.51. The molecule has 0 amide bonds. The van der Waals surface area contributed by atoms with Gasteiger partial charge in [-0.1, -0.05) is 6.92 Å². The fraction of sp³-hybridized carbons (Fsp3) is 0.308. The third kappa shape index (κ3) is 2.88. The SMILES string of the molecule is CCC(CO)Nc1ncc(Br)c2ccc([N+](=O)[O-])cc12. The van der Waals surface area contributed by atoms with Crippen LogP contribution in [-0.2, 0) is 0 Å². The van der Waals surface area contributed by atoms with Crippen LogP contribution in [0.4, 0.5) is 11.5 Å². The Bertz CT molecular complexity index is 644. The molecule has 2 rings (SSSR count). The number of hydrogen-bond acceptors (Lipinski definition) is 5. The van der Waals surface area contributed by atoms with E-state index in [1.165, 1.54) is 12.1 Å². The van der Waals surface area contributed by atoms with E-state index in [1.54, 1.807) is 12.3 Å². The molecule has 1 heterocycles. The van der Waals surface area contributed by atoms with E-state index in [1.807, 2.05) is 6.92 Å². The van der Waals surface area contributed by atoms with Crippen LogP contribution in [0.3, 0.4) is 0 Å². The molecule has 2 aromatic rings. The number of hydrogen-bond donors (Lipinski definition) is 2. The largest absolute Gasteiger partial charge is 0.394 e. The molecule has 0 aliphatic heterocycles. The van der Waals surface area contributed by atoms with Gasteiger partial charge >= 0.3 is 0 Å². The molecule has 0 bridgehead atoms. The Morgan fingerprint density at radius 2 is 2.25 bits per heavy atom. The zero-order valence-corrected chi connectivity index (χ0v) is 12.4. The number of fused-ring (bicyclic) bond motifs is 1. The number of aliphatic hydroxyl groups is 1. The standard InChI is InChI=1S/C13H14BrN3O3/c1-2-8(7-18)16-13-11-5-9(17(19)20)3-4-10(11)12(14)6-15-13/h3-6,8,18H,2,7H2,1H3,(H,15,16). The van der Waals surface area contributed by atoms with Gasteiger partial charge in [0.1, 0.15) is 5.82 Å². The molecule has 106 valence electrons. The van der Waals surface area contributed by atoms with Crippen molar-refractivity contribution in [1.29, 1.82) is 0 Å². The number of halogens is 1. The van der Waals surface area contributed by atoms with E-state index < -0.39 is 4.92 Å². The Morgan fingerprint density at radius 1 is 1.50 bits per heavy atom. The summed E-state index contributed by atoms with van der Waals surface area (Å²) in [6, 6.07) is 4.50. The Labute approximate surface area is 124 Å². The van der Waals surface area contributed by atoms with Crippen LogP contribution >= 0.6 is 15.9 Å². The number of aliphatic hydroxyl groups excluding tert-OH is 1. The maximum atomic E-state index is 10.9. The van der Waals surface area contributed by atoms with Gasteiger partial charge in [-0.2, -0.15) is 0 Å². The minimum atomic E-state index is -0.437. The molecule has 20 heavy (non-hydrogen) atoms. The van der Waals surface area contributed by atoms with Crippen LogP contribution in [0.15, 0.2) is 28.9 Å². The van der Waals surface area contributed by atoms with Crippen molar-refractivity contribution in [3.63, 3.8) is 0 Å². The number of aromatic nitrogens is 1. The van der Waals surface area contributed by atoms with Crippen molar-refractivity contribution < 1.29 is 10.0 Å². The van der Waals surface area contributed by atoms with Gasteiger partial charge in [0.25, 0.3) is 5.69 Å². The first-order valence-electron chi connectivity index (χ1n) is 6.16. The summed E-state index contributed by atoms with van der Waals surface area (Å²) in [4.78, 5) is 14.7. The zero-order chi connectivity index (χ0) is 14.7. The lowest BCUT2D eigenvalue weighted by Gasteiger charge is -2.16. The molecule has 2 N–H and O–H groups in total. The maximum Gasteiger partial charge on any atom is 0.270 e. The third-order valence-electron chi connectivity index (χ3n) is 3.09. The number of nitro benzene ring substituents is 1. The highest BCUT2D eigenvalue weighted by atomic mass is 79.9. The molecule has 0 saturated carbocycles. The smallest absolute Gasteiger partial charge is 0.270 e. The number of nitrogens with zero attached hydrogens (tertiary/aromatic N) is 2. The summed E-state index contributed by atoms with van der Waals surface area (Å²) in [6.45, 7) is 1.92. The van der Waals surface area contributed by atoms with E-state index >= 15 is 0 Å². The van der Waals surface area contributed by atoms with Crippen molar-refractivity contribution in [1.82, 2.24) is 4.98 Å². The summed E-state index contributed by atoms with van der Waals surface area (Å²) in [6.07, 6.45) is 2.37. The van der Waals surface area contributed by atoms with Gasteiger partial charge in [-0.05, 0) is 28.4 Å². The molecule has 0 aliphatic rings. The van der Waals surface area contributed by atoms with Crippen molar-refractivity contribution >= 4 is 38.2 Å². The summed E-state index contributed by atoms with van der Waals surface area (Å²) in [5.41, 5.74) is 0.0116. The fourth-order valence-electron chi connectivity index (χ4n) is 1.90. The van der Waals surface area contributed by atoms with Crippen LogP contribution in [-0.4, -0.2) is 27.7 Å². The summed E-state index contributed by atoms with van der Waals surface area (Å²) in [5.74, 6) is 0.535. The average molecular weight is 340 g/mol. The molecule has 0 saturated heterocycles. The topological polar surface area (TPSA) is 88.3 Å². The first-order valence-corrected chi connectivity index (χ1v) is 6.96. The molecule has 0 radical (unpaired) electrons. The molecule has 0 fully saturated rings. The van der Waals surface area contributed by atoms with E-state index in [4.69, 9.17) is 0 Å². The second kappa shape index (κ2) is 6.15. The van der Waals surface area contributed by atoms with E-state index in [2.05, 4.69) is 26.2 Å². The van der Waals surface area contributed by atoms with Crippen molar-refractivity contribution in [2.24, 2.45) is 0 Å². The number of benzene rings is 1. The molecule has 1 unspecified atom stereocenters. The monoisotopic (exact) mass is 339 g/mol. The number of rotatable bonds is 5. The summed E-state index contributed by atoms with van der Waals surface area (Å²) >= 11 is 3.38. The van der Waals surface area contributed by atoms with Crippen LogP contribution in [0, 0.1) is 10.1 Å². The number of non-ortho nitro benzene ring substituents is 1. The van der Waals surface area contributed by atoms with E-state index in [-0.39, 0.29) is 18.3 Å². The van der Waals surface area contributed by atoms with Crippen molar-refractivity contribution in [2.75, 3.05) is 11.9 Å². The van der Waals surface area contributed by atoms with Crippen LogP contribution < -0.4 is 5.32 Å².